The molecule has 1 saturated heterocycles. The van der Waals surface area contributed by atoms with Crippen LogP contribution in [0.3, 0.4) is 0 Å². The summed E-state index contributed by atoms with van der Waals surface area (Å²) in [4.78, 5) is 9.09. The van der Waals surface area contributed by atoms with Gasteiger partial charge in [0.05, 0.1) is 16.9 Å². The Labute approximate surface area is 145 Å². The second-order valence-corrected chi connectivity index (χ2v) is 6.16. The molecule has 0 bridgehead atoms. The molecule has 1 aromatic carbocycles. The van der Waals surface area contributed by atoms with E-state index in [0.717, 1.165) is 38.4 Å². The van der Waals surface area contributed by atoms with Crippen molar-refractivity contribution in [1.29, 1.82) is 0 Å². The molecule has 122 valence electrons. The molecular weight excluding hydrogens is 335 g/mol. The average molecular weight is 353 g/mol. The first-order chi connectivity index (χ1) is 11.2. The SMILES string of the molecule is CCN1CCN(c2nncc(Nc3ccc(Cl)cc3Cl)n2)CC1. The lowest BCUT2D eigenvalue weighted by molar-refractivity contribution is 0.269. The lowest BCUT2D eigenvalue weighted by atomic mass is 10.3. The van der Waals surface area contributed by atoms with Gasteiger partial charge in [-0.05, 0) is 24.7 Å². The maximum atomic E-state index is 6.17. The molecule has 3 rings (SSSR count). The Morgan fingerprint density at radius 2 is 1.96 bits per heavy atom. The third-order valence-electron chi connectivity index (χ3n) is 3.84. The van der Waals surface area contributed by atoms with Gasteiger partial charge >= 0.3 is 0 Å². The van der Waals surface area contributed by atoms with E-state index in [0.29, 0.717) is 21.8 Å². The summed E-state index contributed by atoms with van der Waals surface area (Å²) < 4.78 is 0. The maximum absolute atomic E-state index is 6.17. The molecule has 0 aliphatic carbocycles. The van der Waals surface area contributed by atoms with Gasteiger partial charge in [0, 0.05) is 31.2 Å². The highest BCUT2D eigenvalue weighted by atomic mass is 35.5. The lowest BCUT2D eigenvalue weighted by Crippen LogP contribution is -2.46. The lowest BCUT2D eigenvalue weighted by Gasteiger charge is -2.33. The summed E-state index contributed by atoms with van der Waals surface area (Å²) in [7, 11) is 0. The smallest absolute Gasteiger partial charge is 0.247 e. The second-order valence-electron chi connectivity index (χ2n) is 5.31. The van der Waals surface area contributed by atoms with Crippen molar-refractivity contribution in [3.05, 3.63) is 34.4 Å². The number of likely N-dealkylation sites (N-methyl/N-ethyl adjacent to an activating group) is 1. The van der Waals surface area contributed by atoms with Crippen LogP contribution in [-0.4, -0.2) is 52.8 Å². The highest BCUT2D eigenvalue weighted by Gasteiger charge is 2.18. The summed E-state index contributed by atoms with van der Waals surface area (Å²) in [5.41, 5.74) is 0.735. The van der Waals surface area contributed by atoms with Crippen LogP contribution in [0.1, 0.15) is 6.92 Å². The van der Waals surface area contributed by atoms with Crippen molar-refractivity contribution in [2.45, 2.75) is 6.92 Å². The van der Waals surface area contributed by atoms with Crippen LogP contribution < -0.4 is 10.2 Å². The van der Waals surface area contributed by atoms with Crippen molar-refractivity contribution in [3.63, 3.8) is 0 Å². The topological polar surface area (TPSA) is 57.2 Å². The Morgan fingerprint density at radius 3 is 2.65 bits per heavy atom. The average Bonchev–Trinajstić information content (AvgIpc) is 2.58. The van der Waals surface area contributed by atoms with Crippen LogP contribution >= 0.6 is 23.2 Å². The van der Waals surface area contributed by atoms with Crippen molar-refractivity contribution in [2.24, 2.45) is 0 Å². The Kier molecular flexibility index (Phi) is 5.15. The van der Waals surface area contributed by atoms with Crippen LogP contribution in [0.4, 0.5) is 17.5 Å². The van der Waals surface area contributed by atoms with Crippen molar-refractivity contribution in [3.8, 4) is 0 Å². The van der Waals surface area contributed by atoms with E-state index in [2.05, 4.69) is 37.2 Å². The monoisotopic (exact) mass is 352 g/mol. The molecule has 0 unspecified atom stereocenters. The first-order valence-electron chi connectivity index (χ1n) is 7.55. The highest BCUT2D eigenvalue weighted by Crippen LogP contribution is 2.27. The molecule has 6 nitrogen and oxygen atoms in total. The van der Waals surface area contributed by atoms with Gasteiger partial charge in [0.25, 0.3) is 0 Å². The van der Waals surface area contributed by atoms with E-state index < -0.39 is 0 Å². The van der Waals surface area contributed by atoms with Gasteiger partial charge in [-0.15, -0.1) is 5.10 Å². The van der Waals surface area contributed by atoms with Gasteiger partial charge in [-0.3, -0.25) is 0 Å². The fraction of sp³-hybridized carbons (Fsp3) is 0.400. The first-order valence-corrected chi connectivity index (χ1v) is 8.30. The van der Waals surface area contributed by atoms with Gasteiger partial charge in [-0.2, -0.15) is 10.1 Å². The standard InChI is InChI=1S/C15H18Cl2N6/c1-2-22-5-7-23(8-6-22)15-20-14(10-18-21-15)19-13-4-3-11(16)9-12(13)17/h3-4,9-10H,2,5-8H2,1H3,(H,19,20,21). The van der Waals surface area contributed by atoms with E-state index in [-0.39, 0.29) is 0 Å². The summed E-state index contributed by atoms with van der Waals surface area (Å²) in [6.45, 7) is 7.08. The molecule has 1 fully saturated rings. The largest absolute Gasteiger partial charge is 0.338 e. The number of anilines is 3. The number of halogens is 2. The van der Waals surface area contributed by atoms with Crippen LogP contribution in [0.2, 0.25) is 10.0 Å². The molecule has 2 heterocycles. The van der Waals surface area contributed by atoms with Crippen molar-refractivity contribution >= 4 is 40.7 Å². The summed E-state index contributed by atoms with van der Waals surface area (Å²) in [5, 5.41) is 12.5. The fourth-order valence-electron chi connectivity index (χ4n) is 2.48. The van der Waals surface area contributed by atoms with Gasteiger partial charge in [0.15, 0.2) is 5.82 Å². The molecule has 0 amide bonds. The fourth-order valence-corrected chi connectivity index (χ4v) is 2.94. The Balaban J connectivity index is 1.72. The number of hydrogen-bond acceptors (Lipinski definition) is 6. The van der Waals surface area contributed by atoms with Crippen LogP contribution in [0.5, 0.6) is 0 Å². The van der Waals surface area contributed by atoms with Crippen molar-refractivity contribution < 1.29 is 0 Å². The number of aromatic nitrogens is 3. The number of benzene rings is 1. The molecule has 0 radical (unpaired) electrons. The minimum Gasteiger partial charge on any atom is -0.338 e. The molecule has 23 heavy (non-hydrogen) atoms. The molecule has 1 aliphatic rings. The van der Waals surface area contributed by atoms with E-state index in [1.165, 1.54) is 0 Å². The molecule has 0 atom stereocenters. The Hall–Kier alpha value is -1.63. The van der Waals surface area contributed by atoms with E-state index in [4.69, 9.17) is 23.2 Å². The van der Waals surface area contributed by atoms with E-state index in [1.54, 1.807) is 18.3 Å². The zero-order valence-corrected chi connectivity index (χ0v) is 14.3. The predicted molar refractivity (Wildman–Crippen MR) is 93.9 cm³/mol. The van der Waals surface area contributed by atoms with E-state index in [9.17, 15) is 0 Å². The van der Waals surface area contributed by atoms with Crippen molar-refractivity contribution in [2.75, 3.05) is 42.9 Å². The number of hydrogen-bond donors (Lipinski definition) is 1. The first kappa shape index (κ1) is 16.2. The summed E-state index contributed by atoms with van der Waals surface area (Å²) in [6, 6.07) is 5.27. The Morgan fingerprint density at radius 1 is 1.17 bits per heavy atom. The van der Waals surface area contributed by atoms with E-state index in [1.807, 2.05) is 6.07 Å². The summed E-state index contributed by atoms with van der Waals surface area (Å²) >= 11 is 12.1. The number of nitrogens with one attached hydrogen (secondary N) is 1. The number of piperazine rings is 1. The minimum atomic E-state index is 0.536. The summed E-state index contributed by atoms with van der Waals surface area (Å²) in [6.07, 6.45) is 1.58. The maximum Gasteiger partial charge on any atom is 0.247 e. The van der Waals surface area contributed by atoms with Gasteiger partial charge in [0.2, 0.25) is 5.95 Å². The summed E-state index contributed by atoms with van der Waals surface area (Å²) in [5.74, 6) is 1.24. The van der Waals surface area contributed by atoms with Crippen LogP contribution in [0.25, 0.3) is 0 Å². The van der Waals surface area contributed by atoms with Gasteiger partial charge in [-0.1, -0.05) is 30.1 Å². The quantitative estimate of drug-likeness (QED) is 0.912. The molecule has 1 aliphatic heterocycles. The van der Waals surface area contributed by atoms with E-state index >= 15 is 0 Å². The normalized spacial score (nSPS) is 15.7. The predicted octanol–water partition coefficient (Wildman–Crippen LogP) is 3.06. The molecule has 1 aromatic heterocycles. The molecule has 0 spiro atoms. The van der Waals surface area contributed by atoms with Crippen LogP contribution in [0.15, 0.2) is 24.4 Å². The number of nitrogens with zero attached hydrogens (tertiary/aromatic N) is 5. The third kappa shape index (κ3) is 4.02. The van der Waals surface area contributed by atoms with Gasteiger partial charge in [-0.25, -0.2) is 0 Å². The molecule has 2 aromatic rings. The van der Waals surface area contributed by atoms with Crippen LogP contribution in [0, 0.1) is 0 Å². The zero-order chi connectivity index (χ0) is 16.2. The van der Waals surface area contributed by atoms with Gasteiger partial charge in [0.1, 0.15) is 0 Å². The molecular formula is C15H18Cl2N6. The highest BCUT2D eigenvalue weighted by molar-refractivity contribution is 6.36. The van der Waals surface area contributed by atoms with Crippen LogP contribution in [-0.2, 0) is 0 Å². The number of rotatable bonds is 4. The molecule has 0 saturated carbocycles. The third-order valence-corrected chi connectivity index (χ3v) is 4.39. The minimum absolute atomic E-state index is 0.536. The Bertz CT molecular complexity index is 673. The zero-order valence-electron chi connectivity index (χ0n) is 12.8. The second kappa shape index (κ2) is 7.29. The molecule has 8 heteroatoms. The van der Waals surface area contributed by atoms with Gasteiger partial charge < -0.3 is 15.1 Å². The van der Waals surface area contributed by atoms with Crippen molar-refractivity contribution in [1.82, 2.24) is 20.1 Å². The molecule has 1 N–H and O–H groups in total.